The van der Waals surface area contributed by atoms with E-state index in [-0.39, 0.29) is 6.61 Å². The van der Waals surface area contributed by atoms with Crippen LogP contribution in [0.1, 0.15) is 6.92 Å². The van der Waals surface area contributed by atoms with Crippen LogP contribution < -0.4 is 10.6 Å². The number of hydrogen-bond donors (Lipinski definition) is 4. The smallest absolute Gasteiger partial charge is 0.313 e. The third-order valence-electron chi connectivity index (χ3n) is 2.67. The Bertz CT molecular complexity index is 606. The number of nitrogens with one attached hydrogen (secondary N) is 3. The van der Waals surface area contributed by atoms with E-state index in [4.69, 9.17) is 5.11 Å². The van der Waals surface area contributed by atoms with Crippen LogP contribution in [0.25, 0.3) is 10.9 Å². The molecule has 100 valence electrons. The van der Waals surface area contributed by atoms with E-state index in [1.165, 1.54) is 0 Å². The van der Waals surface area contributed by atoms with Gasteiger partial charge in [-0.1, -0.05) is 0 Å². The maximum atomic E-state index is 11.6. The van der Waals surface area contributed by atoms with Gasteiger partial charge in [-0.3, -0.25) is 9.59 Å². The van der Waals surface area contributed by atoms with Gasteiger partial charge in [0, 0.05) is 28.8 Å². The van der Waals surface area contributed by atoms with Crippen molar-refractivity contribution >= 4 is 28.4 Å². The van der Waals surface area contributed by atoms with E-state index >= 15 is 0 Å². The zero-order valence-electron chi connectivity index (χ0n) is 10.4. The number of aromatic nitrogens is 1. The lowest BCUT2D eigenvalue weighted by atomic mass is 10.2. The zero-order chi connectivity index (χ0) is 13.8. The molecular formula is C13H15N3O3. The van der Waals surface area contributed by atoms with Crippen LogP contribution in [0.2, 0.25) is 0 Å². The van der Waals surface area contributed by atoms with Crippen molar-refractivity contribution in [3.63, 3.8) is 0 Å². The molecule has 0 bridgehead atoms. The summed E-state index contributed by atoms with van der Waals surface area (Å²) in [6.07, 6.45) is 1.80. The Morgan fingerprint density at radius 3 is 2.84 bits per heavy atom. The highest BCUT2D eigenvalue weighted by atomic mass is 16.3. The number of aliphatic hydroxyl groups excluding tert-OH is 1. The largest absolute Gasteiger partial charge is 0.394 e. The predicted octanol–water partition coefficient (Wildman–Crippen LogP) is 0.603. The lowest BCUT2D eigenvalue weighted by molar-refractivity contribution is -0.136. The molecule has 0 fully saturated rings. The number of hydrogen-bond acceptors (Lipinski definition) is 3. The van der Waals surface area contributed by atoms with E-state index in [0.29, 0.717) is 5.69 Å². The van der Waals surface area contributed by atoms with Gasteiger partial charge in [0.25, 0.3) is 0 Å². The Hall–Kier alpha value is -2.34. The lowest BCUT2D eigenvalue weighted by Gasteiger charge is -2.10. The van der Waals surface area contributed by atoms with Gasteiger partial charge in [-0.05, 0) is 31.2 Å². The molecule has 0 radical (unpaired) electrons. The average molecular weight is 261 g/mol. The van der Waals surface area contributed by atoms with Crippen LogP contribution in [0, 0.1) is 0 Å². The Morgan fingerprint density at radius 1 is 1.32 bits per heavy atom. The van der Waals surface area contributed by atoms with Crippen molar-refractivity contribution in [2.24, 2.45) is 0 Å². The third-order valence-corrected chi connectivity index (χ3v) is 2.67. The quantitative estimate of drug-likeness (QED) is 0.609. The average Bonchev–Trinajstić information content (AvgIpc) is 2.85. The van der Waals surface area contributed by atoms with Crippen molar-refractivity contribution in [2.45, 2.75) is 13.0 Å². The van der Waals surface area contributed by atoms with Crippen LogP contribution in [0.5, 0.6) is 0 Å². The lowest BCUT2D eigenvalue weighted by Crippen LogP contribution is -2.42. The summed E-state index contributed by atoms with van der Waals surface area (Å²) < 4.78 is 0. The minimum atomic E-state index is -0.768. The molecular weight excluding hydrogens is 246 g/mol. The van der Waals surface area contributed by atoms with Gasteiger partial charge in [0.2, 0.25) is 0 Å². The second-order valence-corrected chi connectivity index (χ2v) is 4.29. The standard InChI is InChI=1S/C13H15N3O3/c1-8(7-17)15-12(18)13(19)16-10-2-3-11-9(6-10)4-5-14-11/h2-6,8,14,17H,7H2,1H3,(H,15,18)(H,16,19). The summed E-state index contributed by atoms with van der Waals surface area (Å²) in [5.74, 6) is -1.52. The molecule has 2 amide bonds. The fourth-order valence-electron chi connectivity index (χ4n) is 1.65. The normalized spacial score (nSPS) is 12.1. The maximum absolute atomic E-state index is 11.6. The van der Waals surface area contributed by atoms with Crippen LogP contribution in [0.4, 0.5) is 5.69 Å². The van der Waals surface area contributed by atoms with Gasteiger partial charge in [-0.15, -0.1) is 0 Å². The molecule has 6 nitrogen and oxygen atoms in total. The van der Waals surface area contributed by atoms with Gasteiger partial charge < -0.3 is 20.7 Å². The second-order valence-electron chi connectivity index (χ2n) is 4.29. The number of rotatable bonds is 3. The Kier molecular flexibility index (Phi) is 3.82. The van der Waals surface area contributed by atoms with Gasteiger partial charge in [-0.2, -0.15) is 0 Å². The minimum Gasteiger partial charge on any atom is -0.394 e. The zero-order valence-corrected chi connectivity index (χ0v) is 10.4. The SMILES string of the molecule is CC(CO)NC(=O)C(=O)Nc1ccc2[nH]ccc2c1. The van der Waals surface area contributed by atoms with E-state index in [0.717, 1.165) is 10.9 Å². The summed E-state index contributed by atoms with van der Waals surface area (Å²) in [6, 6.07) is 6.72. The molecule has 0 saturated carbocycles. The molecule has 4 N–H and O–H groups in total. The van der Waals surface area contributed by atoms with Gasteiger partial charge in [0.1, 0.15) is 0 Å². The number of H-pyrrole nitrogens is 1. The second kappa shape index (κ2) is 5.53. The van der Waals surface area contributed by atoms with Crippen LogP contribution in [0.15, 0.2) is 30.5 Å². The van der Waals surface area contributed by atoms with Gasteiger partial charge in [0.15, 0.2) is 0 Å². The molecule has 2 aromatic rings. The molecule has 1 aromatic heterocycles. The molecule has 0 saturated heterocycles. The summed E-state index contributed by atoms with van der Waals surface area (Å²) in [5.41, 5.74) is 1.50. The third kappa shape index (κ3) is 3.11. The number of aliphatic hydroxyl groups is 1. The molecule has 0 aliphatic heterocycles. The molecule has 0 aliphatic rings. The first-order chi connectivity index (χ1) is 9.10. The molecule has 1 atom stereocenters. The summed E-state index contributed by atoms with van der Waals surface area (Å²) in [6.45, 7) is 1.39. The van der Waals surface area contributed by atoms with Crippen molar-refractivity contribution < 1.29 is 14.7 Å². The number of anilines is 1. The molecule has 1 heterocycles. The summed E-state index contributed by atoms with van der Waals surface area (Å²) >= 11 is 0. The van der Waals surface area contributed by atoms with Gasteiger partial charge in [-0.25, -0.2) is 0 Å². The van der Waals surface area contributed by atoms with Crippen molar-refractivity contribution in [3.8, 4) is 0 Å². The number of amides is 2. The van der Waals surface area contributed by atoms with Crippen LogP contribution in [-0.2, 0) is 9.59 Å². The van der Waals surface area contributed by atoms with E-state index in [2.05, 4.69) is 15.6 Å². The topological polar surface area (TPSA) is 94.2 Å². The minimum absolute atomic E-state index is 0.214. The van der Waals surface area contributed by atoms with Gasteiger partial charge >= 0.3 is 11.8 Å². The maximum Gasteiger partial charge on any atom is 0.313 e. The highest BCUT2D eigenvalue weighted by molar-refractivity contribution is 6.39. The highest BCUT2D eigenvalue weighted by Gasteiger charge is 2.15. The molecule has 0 spiro atoms. The van der Waals surface area contributed by atoms with Crippen LogP contribution in [-0.4, -0.2) is 34.6 Å². The van der Waals surface area contributed by atoms with Crippen molar-refractivity contribution in [2.75, 3.05) is 11.9 Å². The van der Waals surface area contributed by atoms with Crippen LogP contribution >= 0.6 is 0 Å². The number of aromatic amines is 1. The fourth-order valence-corrected chi connectivity index (χ4v) is 1.65. The van der Waals surface area contributed by atoms with E-state index in [1.807, 2.05) is 12.1 Å². The van der Waals surface area contributed by atoms with Crippen LogP contribution in [0.3, 0.4) is 0 Å². The fraction of sp³-hybridized carbons (Fsp3) is 0.231. The van der Waals surface area contributed by atoms with Crippen molar-refractivity contribution in [3.05, 3.63) is 30.5 Å². The Labute approximate surface area is 109 Å². The predicted molar refractivity (Wildman–Crippen MR) is 71.6 cm³/mol. The number of fused-ring (bicyclic) bond motifs is 1. The molecule has 19 heavy (non-hydrogen) atoms. The number of carbonyl (C=O) groups excluding carboxylic acids is 2. The summed E-state index contributed by atoms with van der Waals surface area (Å²) in [4.78, 5) is 26.2. The number of carbonyl (C=O) groups is 2. The van der Waals surface area contributed by atoms with Crippen molar-refractivity contribution in [1.29, 1.82) is 0 Å². The molecule has 2 rings (SSSR count). The van der Waals surface area contributed by atoms with E-state index in [1.54, 1.807) is 25.3 Å². The number of benzene rings is 1. The Morgan fingerprint density at radius 2 is 2.11 bits per heavy atom. The first-order valence-electron chi connectivity index (χ1n) is 5.90. The first-order valence-corrected chi connectivity index (χ1v) is 5.90. The monoisotopic (exact) mass is 261 g/mol. The molecule has 0 aliphatic carbocycles. The molecule has 1 unspecified atom stereocenters. The van der Waals surface area contributed by atoms with Crippen molar-refractivity contribution in [1.82, 2.24) is 10.3 Å². The summed E-state index contributed by atoms with van der Waals surface area (Å²) in [7, 11) is 0. The summed E-state index contributed by atoms with van der Waals surface area (Å²) in [5, 5.41) is 14.6. The van der Waals surface area contributed by atoms with E-state index in [9.17, 15) is 9.59 Å². The van der Waals surface area contributed by atoms with E-state index < -0.39 is 17.9 Å². The van der Waals surface area contributed by atoms with Gasteiger partial charge in [0.05, 0.1) is 6.61 Å². The molecule has 1 aromatic carbocycles. The molecule has 6 heteroatoms. The highest BCUT2D eigenvalue weighted by Crippen LogP contribution is 2.17. The Balaban J connectivity index is 2.03. The first kappa shape index (κ1) is 13.1.